The first-order chi connectivity index (χ1) is 6.35. The zero-order valence-corrected chi connectivity index (χ0v) is 10.5. The van der Waals surface area contributed by atoms with Crippen molar-refractivity contribution < 1.29 is 21.8 Å². The topological polar surface area (TPSA) is 9.23 Å². The molecular weight excluding hydrogens is 224 g/mol. The van der Waals surface area contributed by atoms with Gasteiger partial charge < -0.3 is 10.8 Å². The number of hydrogen-bond donors (Lipinski definition) is 0. The van der Waals surface area contributed by atoms with E-state index in [0.29, 0.717) is 0 Å². The van der Waals surface area contributed by atoms with Crippen LogP contribution in [0, 0.1) is 6.08 Å². The summed E-state index contributed by atoms with van der Waals surface area (Å²) >= 11 is 0. The molecule has 2 heteroatoms. The van der Waals surface area contributed by atoms with E-state index in [-0.39, 0.29) is 23.2 Å². The Kier molecular flexibility index (Phi) is 15.7. The van der Waals surface area contributed by atoms with Crippen molar-refractivity contribution in [1.82, 2.24) is 0 Å². The average Bonchev–Trinajstić information content (AvgIpc) is 2.17. The first kappa shape index (κ1) is 16.6. The molecule has 0 heterocycles. The van der Waals surface area contributed by atoms with E-state index in [1.54, 1.807) is 7.11 Å². The Morgan fingerprint density at radius 2 is 1.86 bits per heavy atom. The van der Waals surface area contributed by atoms with Gasteiger partial charge in [-0.1, -0.05) is 58.5 Å². The molecule has 0 unspecified atom stereocenters. The zero-order chi connectivity index (χ0) is 9.94. The molecule has 0 saturated carbocycles. The summed E-state index contributed by atoms with van der Waals surface area (Å²) < 4.78 is 5.29. The third-order valence-electron chi connectivity index (χ3n) is 2.11. The van der Waals surface area contributed by atoms with E-state index < -0.39 is 0 Å². The average molecular weight is 247 g/mol. The molecule has 0 aliphatic carbocycles. The molecule has 1 atom stereocenters. The molecule has 0 N–H and O–H groups in total. The van der Waals surface area contributed by atoms with Crippen LogP contribution in [0.25, 0.3) is 0 Å². The predicted octanol–water partition coefficient (Wildman–Crippen LogP) is 3.74. The molecule has 0 fully saturated rings. The van der Waals surface area contributed by atoms with Gasteiger partial charge in [0.1, 0.15) is 0 Å². The van der Waals surface area contributed by atoms with Crippen LogP contribution < -0.4 is 0 Å². The van der Waals surface area contributed by atoms with Crippen molar-refractivity contribution in [2.75, 3.05) is 7.11 Å². The van der Waals surface area contributed by atoms with E-state index in [9.17, 15) is 0 Å². The van der Waals surface area contributed by atoms with Crippen LogP contribution in [-0.4, -0.2) is 13.2 Å². The van der Waals surface area contributed by atoms with Gasteiger partial charge >= 0.3 is 17.1 Å². The van der Waals surface area contributed by atoms with Gasteiger partial charge in [0.25, 0.3) is 0 Å². The number of allylic oxidation sites excluding steroid dienone is 1. The van der Waals surface area contributed by atoms with Crippen LogP contribution in [0.4, 0.5) is 0 Å². The van der Waals surface area contributed by atoms with Crippen LogP contribution in [0.3, 0.4) is 0 Å². The minimum absolute atomic E-state index is 0. The smallest absolute Gasteiger partial charge is 0.471 e. The summed E-state index contributed by atoms with van der Waals surface area (Å²) in [6.07, 6.45) is 12.9. The molecule has 0 aromatic rings. The Labute approximate surface area is 99.8 Å². The largest absolute Gasteiger partial charge is 1.00 e. The Hall–Kier alpha value is 0.219. The molecule has 0 amide bonds. The van der Waals surface area contributed by atoms with Crippen molar-refractivity contribution in [1.29, 1.82) is 0 Å². The maximum atomic E-state index is 5.29. The van der Waals surface area contributed by atoms with E-state index in [1.165, 1.54) is 25.7 Å². The summed E-state index contributed by atoms with van der Waals surface area (Å²) in [5, 5.41) is 0. The second kappa shape index (κ2) is 13.2. The van der Waals surface area contributed by atoms with Crippen LogP contribution >= 0.6 is 0 Å². The molecule has 0 saturated heterocycles. The fourth-order valence-corrected chi connectivity index (χ4v) is 1.18. The molecule has 0 aromatic carbocycles. The molecule has 14 heavy (non-hydrogen) atoms. The number of unbranched alkanes of at least 4 members (excludes halogenated alkanes) is 3. The molecule has 88 valence electrons. The number of hydrogen-bond acceptors (Lipinski definition) is 1. The predicted molar refractivity (Wildman–Crippen MR) is 57.7 cm³/mol. The number of ether oxygens (including phenoxy) is 1. The van der Waals surface area contributed by atoms with Crippen LogP contribution in [-0.2, 0) is 21.8 Å². The second-order valence-electron chi connectivity index (χ2n) is 3.38. The van der Waals surface area contributed by atoms with Gasteiger partial charge in [-0.15, -0.1) is 0 Å². The first-order valence-electron chi connectivity index (χ1n) is 5.45. The van der Waals surface area contributed by atoms with Crippen LogP contribution in [0.5, 0.6) is 0 Å². The van der Waals surface area contributed by atoms with Gasteiger partial charge in [0.05, 0.1) is 0 Å². The fraction of sp³-hybridized carbons (Fsp3) is 0.833. The van der Waals surface area contributed by atoms with Gasteiger partial charge in [-0.3, -0.25) is 6.08 Å². The normalized spacial score (nSPS) is 12.8. The maximum absolute atomic E-state index is 5.29. The van der Waals surface area contributed by atoms with Crippen molar-refractivity contribution in [2.24, 2.45) is 0 Å². The molecular formula is C12H23CuO. The van der Waals surface area contributed by atoms with Crippen molar-refractivity contribution in [2.45, 2.75) is 58.5 Å². The summed E-state index contributed by atoms with van der Waals surface area (Å²) in [5.74, 6) is 0. The van der Waals surface area contributed by atoms with E-state index in [0.717, 1.165) is 12.8 Å². The SMILES string of the molecule is CCCCC=[C-][C@@H](CCCC)OC.[Cu+]. The molecule has 1 nitrogen and oxygen atoms in total. The summed E-state index contributed by atoms with van der Waals surface area (Å²) in [7, 11) is 1.76. The maximum Gasteiger partial charge on any atom is 1.00 e. The second-order valence-corrected chi connectivity index (χ2v) is 3.38. The van der Waals surface area contributed by atoms with Gasteiger partial charge in [0, 0.05) is 7.11 Å². The number of methoxy groups -OCH3 is 1. The Morgan fingerprint density at radius 3 is 2.36 bits per heavy atom. The van der Waals surface area contributed by atoms with Crippen LogP contribution in [0.2, 0.25) is 0 Å². The standard InChI is InChI=1S/C12H23O.Cu/c1-4-6-8-9-11-12(13-3)10-7-5-2;/h9,12H,4-8,10H2,1-3H3;/q-1;+1/t12-;/m1./s1. The molecule has 0 aromatic heterocycles. The van der Waals surface area contributed by atoms with Crippen LogP contribution in [0.1, 0.15) is 52.4 Å². The third-order valence-corrected chi connectivity index (χ3v) is 2.11. The van der Waals surface area contributed by atoms with Crippen molar-refractivity contribution >= 4 is 0 Å². The Bertz CT molecular complexity index is 123. The summed E-state index contributed by atoms with van der Waals surface area (Å²) in [5.41, 5.74) is 0. The first-order valence-corrected chi connectivity index (χ1v) is 5.45. The third kappa shape index (κ3) is 10.3. The van der Waals surface area contributed by atoms with E-state index >= 15 is 0 Å². The van der Waals surface area contributed by atoms with Gasteiger partial charge in [-0.2, -0.15) is 0 Å². The molecule has 0 spiro atoms. The van der Waals surface area contributed by atoms with E-state index in [4.69, 9.17) is 4.74 Å². The molecule has 0 aliphatic rings. The van der Waals surface area contributed by atoms with Crippen molar-refractivity contribution in [3.8, 4) is 0 Å². The van der Waals surface area contributed by atoms with Gasteiger partial charge in [-0.05, 0) is 0 Å². The Morgan fingerprint density at radius 1 is 1.21 bits per heavy atom. The minimum Gasteiger partial charge on any atom is -0.471 e. The molecule has 0 bridgehead atoms. The zero-order valence-electron chi connectivity index (χ0n) is 9.61. The van der Waals surface area contributed by atoms with Gasteiger partial charge in [0.15, 0.2) is 0 Å². The van der Waals surface area contributed by atoms with Crippen molar-refractivity contribution in [3.63, 3.8) is 0 Å². The summed E-state index contributed by atoms with van der Waals surface area (Å²) in [6, 6.07) is 0. The molecule has 0 aliphatic heterocycles. The van der Waals surface area contributed by atoms with Crippen LogP contribution in [0.15, 0.2) is 6.08 Å². The number of rotatable bonds is 8. The van der Waals surface area contributed by atoms with Gasteiger partial charge in [-0.25, -0.2) is 0 Å². The molecule has 0 rings (SSSR count). The van der Waals surface area contributed by atoms with E-state index in [2.05, 4.69) is 26.0 Å². The monoisotopic (exact) mass is 246 g/mol. The Balaban J connectivity index is 0. The fourth-order valence-electron chi connectivity index (χ4n) is 1.18. The summed E-state index contributed by atoms with van der Waals surface area (Å²) in [4.78, 5) is 0. The molecule has 0 radical (unpaired) electrons. The minimum atomic E-state index is 0. The summed E-state index contributed by atoms with van der Waals surface area (Å²) in [6.45, 7) is 4.41. The van der Waals surface area contributed by atoms with Crippen molar-refractivity contribution in [3.05, 3.63) is 12.2 Å². The van der Waals surface area contributed by atoms with Gasteiger partial charge in [0.2, 0.25) is 0 Å². The quantitative estimate of drug-likeness (QED) is 0.360. The van der Waals surface area contributed by atoms with E-state index in [1.807, 2.05) is 0 Å².